The second-order valence-corrected chi connectivity index (χ2v) is 2.96. The van der Waals surface area contributed by atoms with Crippen molar-refractivity contribution in [2.24, 2.45) is 5.92 Å². The van der Waals surface area contributed by atoms with Gasteiger partial charge in [-0.3, -0.25) is 0 Å². The highest BCUT2D eigenvalue weighted by molar-refractivity contribution is 5.06. The lowest BCUT2D eigenvalue weighted by Crippen LogP contribution is -1.97. The van der Waals surface area contributed by atoms with Crippen LogP contribution >= 0.6 is 0 Å². The first kappa shape index (κ1) is 8.32. The summed E-state index contributed by atoms with van der Waals surface area (Å²) in [5.74, 6) is 0.788. The molecule has 0 unspecified atom stereocenters. The highest BCUT2D eigenvalue weighted by Crippen LogP contribution is 2.18. The normalized spacial score (nSPS) is 25.4. The van der Waals surface area contributed by atoms with Gasteiger partial charge in [-0.2, -0.15) is 0 Å². The van der Waals surface area contributed by atoms with Crippen LogP contribution in [0.5, 0.6) is 0 Å². The molecule has 0 aromatic carbocycles. The van der Waals surface area contributed by atoms with E-state index in [2.05, 4.69) is 36.5 Å². The fraction of sp³-hybridized carbons (Fsp3) is 0.455. The van der Waals surface area contributed by atoms with Gasteiger partial charge in [0.1, 0.15) is 0 Å². The molecule has 1 aliphatic rings. The second-order valence-electron chi connectivity index (χ2n) is 2.96. The second kappa shape index (κ2) is 4.95. The molecule has 0 saturated heterocycles. The Labute approximate surface area is 69.3 Å². The van der Waals surface area contributed by atoms with Crippen LogP contribution in [0.25, 0.3) is 0 Å². The first-order valence-electron chi connectivity index (χ1n) is 4.38. The molecule has 0 saturated carbocycles. The van der Waals surface area contributed by atoms with E-state index in [0.29, 0.717) is 0 Å². The number of hydrogen-bond acceptors (Lipinski definition) is 0. The molecular formula is C11H16. The zero-order chi connectivity index (χ0) is 7.94. The SMILES string of the molecule is C/C=C/C=C/[C@H]1CC=CCC1. The van der Waals surface area contributed by atoms with Crippen LogP contribution in [-0.4, -0.2) is 0 Å². The maximum absolute atomic E-state index is 2.31. The van der Waals surface area contributed by atoms with E-state index >= 15 is 0 Å². The zero-order valence-electron chi connectivity index (χ0n) is 7.16. The topological polar surface area (TPSA) is 0 Å². The van der Waals surface area contributed by atoms with Gasteiger partial charge in [-0.15, -0.1) is 0 Å². The summed E-state index contributed by atoms with van der Waals surface area (Å²) in [5, 5.41) is 0. The van der Waals surface area contributed by atoms with Crippen molar-refractivity contribution in [3.63, 3.8) is 0 Å². The molecule has 0 aromatic rings. The molecule has 1 rings (SSSR count). The number of rotatable bonds is 2. The molecular weight excluding hydrogens is 132 g/mol. The summed E-state index contributed by atoms with van der Waals surface area (Å²) in [6, 6.07) is 0. The van der Waals surface area contributed by atoms with Crippen molar-refractivity contribution >= 4 is 0 Å². The minimum Gasteiger partial charge on any atom is -0.0885 e. The molecule has 60 valence electrons. The van der Waals surface area contributed by atoms with Gasteiger partial charge in [-0.25, -0.2) is 0 Å². The molecule has 0 heteroatoms. The molecule has 0 fully saturated rings. The minimum absolute atomic E-state index is 0.788. The van der Waals surface area contributed by atoms with Gasteiger partial charge >= 0.3 is 0 Å². The van der Waals surface area contributed by atoms with Crippen LogP contribution in [0.1, 0.15) is 26.2 Å². The summed E-state index contributed by atoms with van der Waals surface area (Å²) in [6.45, 7) is 2.05. The monoisotopic (exact) mass is 148 g/mol. The summed E-state index contributed by atoms with van der Waals surface area (Å²) in [7, 11) is 0. The summed E-state index contributed by atoms with van der Waals surface area (Å²) < 4.78 is 0. The molecule has 11 heavy (non-hydrogen) atoms. The fourth-order valence-corrected chi connectivity index (χ4v) is 1.32. The molecule has 0 radical (unpaired) electrons. The molecule has 0 aromatic heterocycles. The lowest BCUT2D eigenvalue weighted by Gasteiger charge is -2.11. The first-order valence-corrected chi connectivity index (χ1v) is 4.38. The van der Waals surface area contributed by atoms with E-state index in [9.17, 15) is 0 Å². The highest BCUT2D eigenvalue weighted by atomic mass is 14.1. The molecule has 0 heterocycles. The van der Waals surface area contributed by atoms with Crippen LogP contribution in [0.2, 0.25) is 0 Å². The third kappa shape index (κ3) is 3.22. The number of allylic oxidation sites excluding steroid dienone is 6. The van der Waals surface area contributed by atoms with Crippen LogP contribution in [-0.2, 0) is 0 Å². The Bertz CT molecular complexity index is 172. The van der Waals surface area contributed by atoms with Crippen LogP contribution < -0.4 is 0 Å². The van der Waals surface area contributed by atoms with Gasteiger partial charge in [-0.1, -0.05) is 36.5 Å². The summed E-state index contributed by atoms with van der Waals surface area (Å²) >= 11 is 0. The van der Waals surface area contributed by atoms with Crippen LogP contribution in [0.4, 0.5) is 0 Å². The Morgan fingerprint density at radius 1 is 1.27 bits per heavy atom. The Morgan fingerprint density at radius 3 is 2.82 bits per heavy atom. The Balaban J connectivity index is 2.31. The van der Waals surface area contributed by atoms with Gasteiger partial charge in [0.05, 0.1) is 0 Å². The predicted molar refractivity (Wildman–Crippen MR) is 50.4 cm³/mol. The molecule has 0 nitrogen and oxygen atoms in total. The maximum atomic E-state index is 2.31. The van der Waals surface area contributed by atoms with Crippen molar-refractivity contribution in [3.05, 3.63) is 36.5 Å². The Kier molecular flexibility index (Phi) is 3.74. The molecule has 1 atom stereocenters. The lowest BCUT2D eigenvalue weighted by molar-refractivity contribution is 0.584. The number of hydrogen-bond donors (Lipinski definition) is 0. The van der Waals surface area contributed by atoms with Gasteiger partial charge in [0.15, 0.2) is 0 Å². The molecule has 1 aliphatic carbocycles. The van der Waals surface area contributed by atoms with Gasteiger partial charge in [0, 0.05) is 0 Å². The van der Waals surface area contributed by atoms with E-state index < -0.39 is 0 Å². The van der Waals surface area contributed by atoms with E-state index in [4.69, 9.17) is 0 Å². The highest BCUT2D eigenvalue weighted by Gasteiger charge is 2.03. The smallest absolute Gasteiger partial charge is 0.0193 e. The molecule has 0 aliphatic heterocycles. The third-order valence-electron chi connectivity index (χ3n) is 2.00. The third-order valence-corrected chi connectivity index (χ3v) is 2.00. The average Bonchev–Trinajstić information content (AvgIpc) is 2.07. The molecule has 0 N–H and O–H groups in total. The van der Waals surface area contributed by atoms with Crippen molar-refractivity contribution in [1.29, 1.82) is 0 Å². The van der Waals surface area contributed by atoms with Gasteiger partial charge < -0.3 is 0 Å². The predicted octanol–water partition coefficient (Wildman–Crippen LogP) is 3.48. The summed E-state index contributed by atoms with van der Waals surface area (Å²) in [6.07, 6.45) is 17.0. The largest absolute Gasteiger partial charge is 0.0885 e. The van der Waals surface area contributed by atoms with Crippen LogP contribution in [0, 0.1) is 5.92 Å². The van der Waals surface area contributed by atoms with Crippen LogP contribution in [0.3, 0.4) is 0 Å². The quantitative estimate of drug-likeness (QED) is 0.415. The van der Waals surface area contributed by atoms with Crippen molar-refractivity contribution in [1.82, 2.24) is 0 Å². The van der Waals surface area contributed by atoms with E-state index in [-0.39, 0.29) is 0 Å². The maximum Gasteiger partial charge on any atom is -0.0193 e. The first-order chi connectivity index (χ1) is 5.43. The van der Waals surface area contributed by atoms with E-state index in [1.165, 1.54) is 19.3 Å². The fourth-order valence-electron chi connectivity index (χ4n) is 1.32. The molecule has 0 bridgehead atoms. The van der Waals surface area contributed by atoms with Gasteiger partial charge in [0.2, 0.25) is 0 Å². The molecule has 0 amide bonds. The zero-order valence-corrected chi connectivity index (χ0v) is 7.16. The van der Waals surface area contributed by atoms with Crippen molar-refractivity contribution in [2.75, 3.05) is 0 Å². The minimum atomic E-state index is 0.788. The van der Waals surface area contributed by atoms with Gasteiger partial charge in [0.25, 0.3) is 0 Å². The van der Waals surface area contributed by atoms with Crippen molar-refractivity contribution in [2.45, 2.75) is 26.2 Å². The lowest BCUT2D eigenvalue weighted by atomic mass is 9.94. The van der Waals surface area contributed by atoms with Gasteiger partial charge in [-0.05, 0) is 32.1 Å². The van der Waals surface area contributed by atoms with Crippen LogP contribution in [0.15, 0.2) is 36.5 Å². The van der Waals surface area contributed by atoms with Crippen molar-refractivity contribution in [3.8, 4) is 0 Å². The van der Waals surface area contributed by atoms with E-state index in [1.54, 1.807) is 0 Å². The van der Waals surface area contributed by atoms with E-state index in [0.717, 1.165) is 5.92 Å². The Morgan fingerprint density at radius 2 is 2.18 bits per heavy atom. The Hall–Kier alpha value is -0.780. The average molecular weight is 148 g/mol. The summed E-state index contributed by atoms with van der Waals surface area (Å²) in [5.41, 5.74) is 0. The van der Waals surface area contributed by atoms with E-state index in [1.807, 2.05) is 6.92 Å². The molecule has 0 spiro atoms. The summed E-state index contributed by atoms with van der Waals surface area (Å²) in [4.78, 5) is 0. The van der Waals surface area contributed by atoms with Crippen molar-refractivity contribution < 1.29 is 0 Å². The standard InChI is InChI=1S/C11H16/c1-2-3-5-8-11-9-6-4-7-10-11/h2-6,8,11H,7,9-10H2,1H3/b3-2+,8-5+/t11-/m0/s1.